The van der Waals surface area contributed by atoms with Gasteiger partial charge in [-0.15, -0.1) is 0 Å². The number of hydrogen-bond donors (Lipinski definition) is 2. The molecular formula is C16H24N2O2S. The second-order valence-electron chi connectivity index (χ2n) is 6.48. The second-order valence-corrected chi connectivity index (χ2v) is 8.25. The van der Waals surface area contributed by atoms with Crippen LogP contribution >= 0.6 is 0 Å². The highest BCUT2D eigenvalue weighted by atomic mass is 32.2. The maximum atomic E-state index is 12.4. The van der Waals surface area contributed by atoms with Crippen LogP contribution in [0.2, 0.25) is 0 Å². The summed E-state index contributed by atoms with van der Waals surface area (Å²) in [6.07, 6.45) is 5.08. The van der Waals surface area contributed by atoms with Gasteiger partial charge in [-0.3, -0.25) is 0 Å². The number of benzene rings is 1. The van der Waals surface area contributed by atoms with E-state index >= 15 is 0 Å². The van der Waals surface area contributed by atoms with Crippen molar-refractivity contribution in [3.63, 3.8) is 0 Å². The van der Waals surface area contributed by atoms with Crippen LogP contribution in [-0.4, -0.2) is 15.0 Å². The molecule has 2 aliphatic carbocycles. The predicted octanol–water partition coefficient (Wildman–Crippen LogP) is 2.17. The SMILES string of the molecule is Cc1cc(S(=O)(=O)NCC(C2CC2)C2CC2)ccc1CN. The smallest absolute Gasteiger partial charge is 0.240 e. The molecule has 3 rings (SSSR count). The van der Waals surface area contributed by atoms with Crippen molar-refractivity contribution >= 4 is 10.0 Å². The Morgan fingerprint density at radius 2 is 1.86 bits per heavy atom. The Balaban J connectivity index is 1.69. The fourth-order valence-electron chi connectivity index (χ4n) is 3.12. The quantitative estimate of drug-likeness (QED) is 0.811. The van der Waals surface area contributed by atoms with Gasteiger partial charge in [-0.25, -0.2) is 13.1 Å². The first-order valence-corrected chi connectivity index (χ1v) is 9.29. The molecule has 3 N–H and O–H groups in total. The lowest BCUT2D eigenvalue weighted by atomic mass is 9.99. The molecule has 0 spiro atoms. The van der Waals surface area contributed by atoms with Crippen LogP contribution in [0.4, 0.5) is 0 Å². The normalized spacial score (nSPS) is 19.2. The molecule has 5 heteroatoms. The van der Waals surface area contributed by atoms with E-state index in [-0.39, 0.29) is 0 Å². The second kappa shape index (κ2) is 5.71. The minimum Gasteiger partial charge on any atom is -0.326 e. The van der Waals surface area contributed by atoms with E-state index in [1.807, 2.05) is 13.0 Å². The average molecular weight is 308 g/mol. The van der Waals surface area contributed by atoms with Gasteiger partial charge in [-0.1, -0.05) is 6.07 Å². The molecule has 1 aromatic carbocycles. The van der Waals surface area contributed by atoms with Gasteiger partial charge in [0, 0.05) is 13.1 Å². The predicted molar refractivity (Wildman–Crippen MR) is 83.2 cm³/mol. The Labute approximate surface area is 127 Å². The van der Waals surface area contributed by atoms with E-state index in [9.17, 15) is 8.42 Å². The van der Waals surface area contributed by atoms with Crippen LogP contribution in [0.1, 0.15) is 36.8 Å². The fraction of sp³-hybridized carbons (Fsp3) is 0.625. The maximum Gasteiger partial charge on any atom is 0.240 e. The lowest BCUT2D eigenvalue weighted by molar-refractivity contribution is 0.401. The zero-order valence-electron chi connectivity index (χ0n) is 12.5. The molecule has 0 amide bonds. The number of aryl methyl sites for hydroxylation is 1. The van der Waals surface area contributed by atoms with Crippen LogP contribution in [0.3, 0.4) is 0 Å². The van der Waals surface area contributed by atoms with Gasteiger partial charge in [0.25, 0.3) is 0 Å². The van der Waals surface area contributed by atoms with Gasteiger partial charge in [-0.05, 0) is 73.6 Å². The molecule has 4 nitrogen and oxygen atoms in total. The van der Waals surface area contributed by atoms with Crippen LogP contribution in [0.25, 0.3) is 0 Å². The van der Waals surface area contributed by atoms with Gasteiger partial charge < -0.3 is 5.73 Å². The molecule has 2 saturated carbocycles. The van der Waals surface area contributed by atoms with Crippen molar-refractivity contribution in [3.05, 3.63) is 29.3 Å². The standard InChI is InChI=1S/C16H24N2O2S/c1-11-8-15(7-6-14(11)9-17)21(19,20)18-10-16(12-2-3-12)13-4-5-13/h6-8,12-13,16,18H,2-5,9-10,17H2,1H3. The van der Waals surface area contributed by atoms with E-state index in [0.717, 1.165) is 23.0 Å². The molecule has 0 saturated heterocycles. The Hall–Kier alpha value is -0.910. The van der Waals surface area contributed by atoms with Crippen molar-refractivity contribution in [2.45, 2.75) is 44.0 Å². The van der Waals surface area contributed by atoms with Gasteiger partial charge in [0.15, 0.2) is 0 Å². The molecule has 0 bridgehead atoms. The largest absolute Gasteiger partial charge is 0.326 e. The van der Waals surface area contributed by atoms with Crippen molar-refractivity contribution in [3.8, 4) is 0 Å². The van der Waals surface area contributed by atoms with E-state index in [0.29, 0.717) is 23.9 Å². The Bertz CT molecular complexity index is 607. The van der Waals surface area contributed by atoms with Crippen molar-refractivity contribution in [1.29, 1.82) is 0 Å². The Morgan fingerprint density at radius 1 is 1.24 bits per heavy atom. The van der Waals surface area contributed by atoms with E-state index in [4.69, 9.17) is 5.73 Å². The molecule has 116 valence electrons. The first-order valence-electron chi connectivity index (χ1n) is 7.80. The molecule has 21 heavy (non-hydrogen) atoms. The van der Waals surface area contributed by atoms with E-state index in [1.54, 1.807) is 12.1 Å². The van der Waals surface area contributed by atoms with Crippen LogP contribution in [0, 0.1) is 24.7 Å². The summed E-state index contributed by atoms with van der Waals surface area (Å²) in [6, 6.07) is 5.18. The highest BCUT2D eigenvalue weighted by molar-refractivity contribution is 7.89. The highest BCUT2D eigenvalue weighted by Crippen LogP contribution is 2.48. The summed E-state index contributed by atoms with van der Waals surface area (Å²) in [5, 5.41) is 0. The fourth-order valence-corrected chi connectivity index (χ4v) is 4.28. The number of nitrogens with two attached hydrogens (primary N) is 1. The molecule has 0 unspecified atom stereocenters. The van der Waals surface area contributed by atoms with Crippen LogP contribution in [-0.2, 0) is 16.6 Å². The molecule has 2 aliphatic rings. The zero-order valence-corrected chi connectivity index (χ0v) is 13.3. The topological polar surface area (TPSA) is 72.2 Å². The zero-order chi connectivity index (χ0) is 15.0. The van der Waals surface area contributed by atoms with Crippen LogP contribution in [0.15, 0.2) is 23.1 Å². The molecular weight excluding hydrogens is 284 g/mol. The van der Waals surface area contributed by atoms with Crippen molar-refractivity contribution < 1.29 is 8.42 Å². The van der Waals surface area contributed by atoms with Gasteiger partial charge in [0.1, 0.15) is 0 Å². The van der Waals surface area contributed by atoms with Gasteiger partial charge in [0.2, 0.25) is 10.0 Å². The van der Waals surface area contributed by atoms with Crippen LogP contribution < -0.4 is 10.5 Å². The molecule has 0 heterocycles. The molecule has 1 aromatic rings. The van der Waals surface area contributed by atoms with Crippen LogP contribution in [0.5, 0.6) is 0 Å². The Morgan fingerprint density at radius 3 is 2.33 bits per heavy atom. The molecule has 0 aromatic heterocycles. The molecule has 0 aliphatic heterocycles. The summed E-state index contributed by atoms with van der Waals surface area (Å²) in [4.78, 5) is 0.350. The monoisotopic (exact) mass is 308 g/mol. The first kappa shape index (κ1) is 15.0. The molecule has 0 radical (unpaired) electrons. The van der Waals surface area contributed by atoms with Crippen molar-refractivity contribution in [2.24, 2.45) is 23.5 Å². The maximum absolute atomic E-state index is 12.4. The first-order chi connectivity index (χ1) is 10.0. The minimum atomic E-state index is -3.41. The summed E-state index contributed by atoms with van der Waals surface area (Å²) < 4.78 is 27.7. The van der Waals surface area contributed by atoms with E-state index in [2.05, 4.69) is 4.72 Å². The highest BCUT2D eigenvalue weighted by Gasteiger charge is 2.41. The average Bonchev–Trinajstić information content (AvgIpc) is 3.32. The van der Waals surface area contributed by atoms with Gasteiger partial charge in [0.05, 0.1) is 4.90 Å². The molecule has 0 atom stereocenters. The summed E-state index contributed by atoms with van der Waals surface area (Å²) in [6.45, 7) is 2.93. The van der Waals surface area contributed by atoms with Crippen molar-refractivity contribution in [1.82, 2.24) is 4.72 Å². The summed E-state index contributed by atoms with van der Waals surface area (Å²) >= 11 is 0. The summed E-state index contributed by atoms with van der Waals surface area (Å²) in [7, 11) is -3.41. The summed E-state index contributed by atoms with van der Waals surface area (Å²) in [5.74, 6) is 2.05. The van der Waals surface area contributed by atoms with E-state index < -0.39 is 10.0 Å². The van der Waals surface area contributed by atoms with Gasteiger partial charge in [-0.2, -0.15) is 0 Å². The third-order valence-electron chi connectivity index (χ3n) is 4.81. The third kappa shape index (κ3) is 3.47. The van der Waals surface area contributed by atoms with E-state index in [1.165, 1.54) is 25.7 Å². The number of hydrogen-bond acceptors (Lipinski definition) is 3. The minimum absolute atomic E-state index is 0.350. The van der Waals surface area contributed by atoms with Crippen molar-refractivity contribution in [2.75, 3.05) is 6.54 Å². The lowest BCUT2D eigenvalue weighted by Gasteiger charge is -2.16. The number of rotatable bonds is 7. The summed E-state index contributed by atoms with van der Waals surface area (Å²) in [5.41, 5.74) is 7.54. The number of nitrogens with one attached hydrogen (secondary N) is 1. The Kier molecular flexibility index (Phi) is 4.08. The molecule has 2 fully saturated rings. The lowest BCUT2D eigenvalue weighted by Crippen LogP contribution is -2.31. The third-order valence-corrected chi connectivity index (χ3v) is 6.23. The van der Waals surface area contributed by atoms with Gasteiger partial charge >= 0.3 is 0 Å². The number of sulfonamides is 1.